The number of H-pyrrole nitrogens is 1. The Balaban J connectivity index is 2.81. The number of aromatic amines is 1. The lowest BCUT2D eigenvalue weighted by atomic mass is 10.2. The molecule has 0 atom stereocenters. The van der Waals surface area contributed by atoms with Gasteiger partial charge in [0.25, 0.3) is 5.56 Å². The molecule has 1 aromatic rings. The van der Waals surface area contributed by atoms with Crippen LogP contribution in [0, 0.1) is 0 Å². The molecule has 1 rings (SSSR count). The van der Waals surface area contributed by atoms with Crippen molar-refractivity contribution in [3.63, 3.8) is 0 Å². The molecular weight excluding hydrogens is 206 g/mol. The second-order valence-electron chi connectivity index (χ2n) is 4.09. The van der Waals surface area contributed by atoms with Crippen LogP contribution >= 0.6 is 0 Å². The van der Waals surface area contributed by atoms with Crippen molar-refractivity contribution in [3.05, 3.63) is 27.9 Å². The van der Waals surface area contributed by atoms with Crippen LogP contribution in [0.1, 0.15) is 45.1 Å². The van der Waals surface area contributed by atoms with Crippen molar-refractivity contribution in [2.75, 3.05) is 0 Å². The Morgan fingerprint density at radius 3 is 2.81 bits per heavy atom. The number of oxime groups is 1. The van der Waals surface area contributed by atoms with Crippen molar-refractivity contribution in [3.8, 4) is 0 Å². The SMILES string of the molecule is CC(C)=NOCc1cc(=O)[nH]c(C(C)C)n1. The first-order chi connectivity index (χ1) is 7.49. The molecule has 1 aromatic heterocycles. The molecule has 5 nitrogen and oxygen atoms in total. The van der Waals surface area contributed by atoms with Gasteiger partial charge in [-0.1, -0.05) is 19.0 Å². The molecule has 0 saturated carbocycles. The number of hydrogen-bond acceptors (Lipinski definition) is 4. The van der Waals surface area contributed by atoms with E-state index in [1.54, 1.807) is 0 Å². The lowest BCUT2D eigenvalue weighted by Crippen LogP contribution is -2.14. The van der Waals surface area contributed by atoms with Crippen molar-refractivity contribution in [2.24, 2.45) is 5.16 Å². The second-order valence-corrected chi connectivity index (χ2v) is 4.09. The van der Waals surface area contributed by atoms with E-state index >= 15 is 0 Å². The summed E-state index contributed by atoms with van der Waals surface area (Å²) in [5.41, 5.74) is 1.26. The van der Waals surface area contributed by atoms with Gasteiger partial charge >= 0.3 is 0 Å². The molecule has 0 spiro atoms. The third-order valence-corrected chi connectivity index (χ3v) is 1.82. The van der Waals surface area contributed by atoms with Crippen LogP contribution < -0.4 is 5.56 Å². The molecule has 0 aliphatic heterocycles. The molecule has 0 radical (unpaired) electrons. The monoisotopic (exact) mass is 223 g/mol. The van der Waals surface area contributed by atoms with Crippen LogP contribution in [-0.4, -0.2) is 15.7 Å². The first kappa shape index (κ1) is 12.4. The van der Waals surface area contributed by atoms with Gasteiger partial charge in [0, 0.05) is 12.0 Å². The molecule has 1 N–H and O–H groups in total. The average molecular weight is 223 g/mol. The maximum absolute atomic E-state index is 11.3. The molecule has 1 heterocycles. The molecule has 16 heavy (non-hydrogen) atoms. The molecule has 0 bridgehead atoms. The summed E-state index contributed by atoms with van der Waals surface area (Å²) in [5.74, 6) is 0.854. The topological polar surface area (TPSA) is 67.3 Å². The highest BCUT2D eigenvalue weighted by atomic mass is 16.6. The Kier molecular flexibility index (Phi) is 4.22. The van der Waals surface area contributed by atoms with Crippen LogP contribution in [0.5, 0.6) is 0 Å². The summed E-state index contributed by atoms with van der Waals surface area (Å²) in [5, 5.41) is 3.79. The highest BCUT2D eigenvalue weighted by Gasteiger charge is 2.05. The van der Waals surface area contributed by atoms with E-state index in [9.17, 15) is 4.79 Å². The standard InChI is InChI=1S/C11H17N3O2/c1-7(2)11-12-9(5-10(15)13-11)6-16-14-8(3)4/h5,7H,6H2,1-4H3,(H,12,13,15). The predicted molar refractivity (Wildman–Crippen MR) is 62.5 cm³/mol. The van der Waals surface area contributed by atoms with Gasteiger partial charge in [0.05, 0.1) is 11.4 Å². The molecular formula is C11H17N3O2. The molecule has 0 aliphatic carbocycles. The van der Waals surface area contributed by atoms with Crippen LogP contribution in [0.2, 0.25) is 0 Å². The van der Waals surface area contributed by atoms with E-state index in [2.05, 4.69) is 15.1 Å². The maximum Gasteiger partial charge on any atom is 0.251 e. The van der Waals surface area contributed by atoms with Crippen LogP contribution in [0.4, 0.5) is 0 Å². The lowest BCUT2D eigenvalue weighted by Gasteiger charge is -2.05. The van der Waals surface area contributed by atoms with Gasteiger partial charge in [-0.05, 0) is 13.8 Å². The van der Waals surface area contributed by atoms with Gasteiger partial charge in [0.2, 0.25) is 0 Å². The highest BCUT2D eigenvalue weighted by Crippen LogP contribution is 2.07. The minimum absolute atomic E-state index is 0.158. The van der Waals surface area contributed by atoms with E-state index in [1.807, 2.05) is 27.7 Å². The summed E-state index contributed by atoms with van der Waals surface area (Å²) in [6, 6.07) is 1.42. The number of nitrogens with zero attached hydrogens (tertiary/aromatic N) is 2. The average Bonchev–Trinajstić information content (AvgIpc) is 2.16. The largest absolute Gasteiger partial charge is 0.389 e. The van der Waals surface area contributed by atoms with E-state index in [0.29, 0.717) is 11.5 Å². The zero-order valence-electron chi connectivity index (χ0n) is 10.1. The first-order valence-corrected chi connectivity index (χ1v) is 5.22. The molecule has 0 saturated heterocycles. The normalized spacial score (nSPS) is 10.3. The summed E-state index contributed by atoms with van der Waals surface area (Å²) < 4.78 is 0. The van der Waals surface area contributed by atoms with E-state index in [1.165, 1.54) is 6.07 Å². The zero-order chi connectivity index (χ0) is 12.1. The summed E-state index contributed by atoms with van der Waals surface area (Å²) in [7, 11) is 0. The van der Waals surface area contributed by atoms with Gasteiger partial charge in [-0.15, -0.1) is 0 Å². The summed E-state index contributed by atoms with van der Waals surface area (Å²) >= 11 is 0. The maximum atomic E-state index is 11.3. The van der Waals surface area contributed by atoms with Crippen molar-refractivity contribution < 1.29 is 4.84 Å². The number of rotatable bonds is 4. The van der Waals surface area contributed by atoms with Crippen molar-refractivity contribution in [1.82, 2.24) is 9.97 Å². The van der Waals surface area contributed by atoms with Gasteiger partial charge in [-0.3, -0.25) is 4.79 Å². The third-order valence-electron chi connectivity index (χ3n) is 1.82. The van der Waals surface area contributed by atoms with Crippen molar-refractivity contribution >= 4 is 5.71 Å². The fourth-order valence-electron chi connectivity index (χ4n) is 1.10. The Morgan fingerprint density at radius 1 is 1.56 bits per heavy atom. The molecule has 5 heteroatoms. The summed E-state index contributed by atoms with van der Waals surface area (Å²) in [4.78, 5) is 23.3. The van der Waals surface area contributed by atoms with Crippen molar-refractivity contribution in [2.45, 2.75) is 40.2 Å². The van der Waals surface area contributed by atoms with Crippen LogP contribution in [0.3, 0.4) is 0 Å². The molecule has 0 unspecified atom stereocenters. The third kappa shape index (κ3) is 3.84. The van der Waals surface area contributed by atoms with Crippen molar-refractivity contribution in [1.29, 1.82) is 0 Å². The number of aromatic nitrogens is 2. The Morgan fingerprint density at radius 2 is 2.25 bits per heavy atom. The Hall–Kier alpha value is -1.65. The first-order valence-electron chi connectivity index (χ1n) is 5.22. The number of hydrogen-bond donors (Lipinski definition) is 1. The van der Waals surface area contributed by atoms with Crippen LogP contribution in [0.25, 0.3) is 0 Å². The number of nitrogens with one attached hydrogen (secondary N) is 1. The fraction of sp³-hybridized carbons (Fsp3) is 0.545. The van der Waals surface area contributed by atoms with E-state index < -0.39 is 0 Å². The van der Waals surface area contributed by atoms with Gasteiger partial charge < -0.3 is 9.82 Å². The van der Waals surface area contributed by atoms with E-state index in [-0.39, 0.29) is 18.1 Å². The Bertz CT molecular complexity index is 431. The predicted octanol–water partition coefficient (Wildman–Crippen LogP) is 1.81. The van der Waals surface area contributed by atoms with E-state index in [0.717, 1.165) is 5.71 Å². The van der Waals surface area contributed by atoms with Gasteiger partial charge in [0.15, 0.2) is 6.61 Å². The minimum atomic E-state index is -0.158. The molecule has 0 aromatic carbocycles. The van der Waals surface area contributed by atoms with Crippen LogP contribution in [-0.2, 0) is 11.4 Å². The fourth-order valence-corrected chi connectivity index (χ4v) is 1.10. The molecule has 0 aliphatic rings. The van der Waals surface area contributed by atoms with Gasteiger partial charge in [-0.25, -0.2) is 4.98 Å². The second kappa shape index (κ2) is 5.44. The summed E-state index contributed by atoms with van der Waals surface area (Å²) in [6.45, 7) is 7.83. The minimum Gasteiger partial charge on any atom is -0.389 e. The smallest absolute Gasteiger partial charge is 0.251 e. The quantitative estimate of drug-likeness (QED) is 0.625. The highest BCUT2D eigenvalue weighted by molar-refractivity contribution is 5.78. The Labute approximate surface area is 94.5 Å². The zero-order valence-corrected chi connectivity index (χ0v) is 10.1. The van der Waals surface area contributed by atoms with Gasteiger partial charge in [0.1, 0.15) is 5.82 Å². The molecule has 0 fully saturated rings. The molecule has 88 valence electrons. The van der Waals surface area contributed by atoms with E-state index in [4.69, 9.17) is 4.84 Å². The molecule has 0 amide bonds. The lowest BCUT2D eigenvalue weighted by molar-refractivity contribution is 0.127. The van der Waals surface area contributed by atoms with Crippen LogP contribution in [0.15, 0.2) is 16.0 Å². The van der Waals surface area contributed by atoms with Gasteiger partial charge in [-0.2, -0.15) is 0 Å². The summed E-state index contributed by atoms with van der Waals surface area (Å²) in [6.07, 6.45) is 0.